The van der Waals surface area contributed by atoms with E-state index < -0.39 is 23.5 Å². The van der Waals surface area contributed by atoms with Gasteiger partial charge in [-0.15, -0.1) is 0 Å². The minimum Gasteiger partial charge on any atom is -0.324 e. The fraction of sp³-hybridized carbons (Fsp3) is 0.286. The molecule has 0 radical (unpaired) electrons. The van der Waals surface area contributed by atoms with Crippen molar-refractivity contribution in [2.75, 3.05) is 28.2 Å². The van der Waals surface area contributed by atoms with E-state index in [0.717, 1.165) is 17.4 Å². The van der Waals surface area contributed by atoms with E-state index in [1.54, 1.807) is 29.2 Å². The molecule has 2 saturated heterocycles. The minimum atomic E-state index is -0.850. The van der Waals surface area contributed by atoms with Gasteiger partial charge in [-0.2, -0.15) is 0 Å². The molecule has 0 saturated carbocycles. The number of hydrogen-bond donors (Lipinski definition) is 1. The van der Waals surface area contributed by atoms with Crippen LogP contribution in [0.15, 0.2) is 42.5 Å². The van der Waals surface area contributed by atoms with Crippen LogP contribution in [-0.2, 0) is 14.4 Å². The Hall–Kier alpha value is -3.29. The van der Waals surface area contributed by atoms with E-state index in [0.29, 0.717) is 30.4 Å². The Bertz CT molecular complexity index is 995. The number of anilines is 3. The molecule has 0 bridgehead atoms. The van der Waals surface area contributed by atoms with Gasteiger partial charge in [0.2, 0.25) is 17.7 Å². The predicted octanol–water partition coefficient (Wildman–Crippen LogP) is 3.08. The Balaban J connectivity index is 1.50. The van der Waals surface area contributed by atoms with Gasteiger partial charge in [0.15, 0.2) is 0 Å². The van der Waals surface area contributed by atoms with Crippen LogP contribution in [0.3, 0.4) is 0 Å². The highest BCUT2D eigenvalue weighted by atomic mass is 19.1. The van der Waals surface area contributed by atoms with Gasteiger partial charge in [-0.25, -0.2) is 8.78 Å². The second-order valence-corrected chi connectivity index (χ2v) is 7.16. The molecule has 0 aromatic heterocycles. The summed E-state index contributed by atoms with van der Waals surface area (Å²) in [4.78, 5) is 40.0. The van der Waals surface area contributed by atoms with Crippen molar-refractivity contribution >= 4 is 34.8 Å². The third-order valence-corrected chi connectivity index (χ3v) is 5.22. The van der Waals surface area contributed by atoms with Gasteiger partial charge >= 0.3 is 0 Å². The molecule has 4 rings (SSSR count). The molecule has 0 spiro atoms. The second kappa shape index (κ2) is 7.62. The summed E-state index contributed by atoms with van der Waals surface area (Å²) in [6.07, 6.45) is 1.15. The van der Waals surface area contributed by atoms with E-state index in [1.807, 2.05) is 0 Å². The Labute approximate surface area is 166 Å². The van der Waals surface area contributed by atoms with Crippen LogP contribution in [-0.4, -0.2) is 30.8 Å². The van der Waals surface area contributed by atoms with Gasteiger partial charge in [0, 0.05) is 32.0 Å². The maximum atomic E-state index is 14.0. The minimum absolute atomic E-state index is 0.000651. The molecule has 2 aliphatic rings. The molecule has 1 N–H and O–H groups in total. The molecular formula is C21H19F2N3O3. The molecule has 8 heteroatoms. The maximum absolute atomic E-state index is 14.0. The highest BCUT2D eigenvalue weighted by Gasteiger charge is 2.36. The van der Waals surface area contributed by atoms with Crippen LogP contribution in [0.5, 0.6) is 0 Å². The SMILES string of the molecule is O=C(Nc1ccccc1N1CCCC1=O)C1CC(=O)N(c2ccc(F)cc2F)C1. The van der Waals surface area contributed by atoms with E-state index in [4.69, 9.17) is 0 Å². The summed E-state index contributed by atoms with van der Waals surface area (Å²) in [5.74, 6) is -3.06. The summed E-state index contributed by atoms with van der Waals surface area (Å²) < 4.78 is 27.2. The standard InChI is InChI=1S/C21H19F2N3O3/c22-14-7-8-17(15(23)11-14)26-12-13(10-20(26)28)21(29)24-16-4-1-2-5-18(16)25-9-3-6-19(25)27/h1-2,4-5,7-8,11,13H,3,6,9-10,12H2,(H,24,29). The summed E-state index contributed by atoms with van der Waals surface area (Å²) in [5.41, 5.74) is 1.07. The summed E-state index contributed by atoms with van der Waals surface area (Å²) in [6, 6.07) is 9.97. The van der Waals surface area contributed by atoms with Crippen molar-refractivity contribution in [2.45, 2.75) is 19.3 Å². The largest absolute Gasteiger partial charge is 0.324 e. The molecule has 3 amide bonds. The van der Waals surface area contributed by atoms with Gasteiger partial charge < -0.3 is 15.1 Å². The number of halogens is 2. The van der Waals surface area contributed by atoms with E-state index in [2.05, 4.69) is 5.32 Å². The smallest absolute Gasteiger partial charge is 0.229 e. The molecule has 6 nitrogen and oxygen atoms in total. The van der Waals surface area contributed by atoms with Crippen molar-refractivity contribution in [3.63, 3.8) is 0 Å². The molecule has 0 aliphatic carbocycles. The quantitative estimate of drug-likeness (QED) is 0.859. The lowest BCUT2D eigenvalue weighted by atomic mass is 10.1. The molecule has 29 heavy (non-hydrogen) atoms. The first-order valence-electron chi connectivity index (χ1n) is 9.39. The summed E-state index contributed by atoms with van der Waals surface area (Å²) >= 11 is 0. The Morgan fingerprint density at radius 3 is 2.52 bits per heavy atom. The first kappa shape index (κ1) is 19.0. The number of nitrogens with zero attached hydrogens (tertiary/aromatic N) is 2. The van der Waals surface area contributed by atoms with E-state index >= 15 is 0 Å². The average Bonchev–Trinajstić information content (AvgIpc) is 3.28. The number of para-hydroxylation sites is 2. The number of carbonyl (C=O) groups is 3. The van der Waals surface area contributed by atoms with Crippen LogP contribution in [0.2, 0.25) is 0 Å². The lowest BCUT2D eigenvalue weighted by Crippen LogP contribution is -2.30. The Kier molecular flexibility index (Phi) is 5.00. The zero-order valence-corrected chi connectivity index (χ0v) is 15.5. The summed E-state index contributed by atoms with van der Waals surface area (Å²) in [5, 5.41) is 2.80. The van der Waals surface area contributed by atoms with Crippen molar-refractivity contribution in [1.29, 1.82) is 0 Å². The van der Waals surface area contributed by atoms with Gasteiger partial charge in [0.05, 0.1) is 23.0 Å². The molecule has 2 heterocycles. The number of carbonyl (C=O) groups excluding carboxylic acids is 3. The topological polar surface area (TPSA) is 69.7 Å². The lowest BCUT2D eigenvalue weighted by Gasteiger charge is -2.21. The Morgan fingerprint density at radius 2 is 1.79 bits per heavy atom. The Morgan fingerprint density at radius 1 is 1.00 bits per heavy atom. The van der Waals surface area contributed by atoms with E-state index in [1.165, 1.54) is 6.07 Å². The van der Waals surface area contributed by atoms with Crippen molar-refractivity contribution in [2.24, 2.45) is 5.92 Å². The number of amides is 3. The van der Waals surface area contributed by atoms with Gasteiger partial charge in [-0.1, -0.05) is 12.1 Å². The molecule has 1 atom stereocenters. The first-order chi connectivity index (χ1) is 13.9. The highest BCUT2D eigenvalue weighted by Crippen LogP contribution is 2.32. The van der Waals surface area contributed by atoms with E-state index in [9.17, 15) is 23.2 Å². The zero-order chi connectivity index (χ0) is 20.5. The zero-order valence-electron chi connectivity index (χ0n) is 15.5. The molecule has 150 valence electrons. The summed E-state index contributed by atoms with van der Waals surface area (Å²) in [6.45, 7) is 0.587. The van der Waals surface area contributed by atoms with Crippen LogP contribution < -0.4 is 15.1 Å². The number of nitrogens with one attached hydrogen (secondary N) is 1. The first-order valence-corrected chi connectivity index (χ1v) is 9.39. The predicted molar refractivity (Wildman–Crippen MR) is 103 cm³/mol. The van der Waals surface area contributed by atoms with Crippen molar-refractivity contribution < 1.29 is 23.2 Å². The molecule has 2 aromatic rings. The lowest BCUT2D eigenvalue weighted by molar-refractivity contribution is -0.122. The molecule has 2 aromatic carbocycles. The fourth-order valence-electron chi connectivity index (χ4n) is 3.77. The third kappa shape index (κ3) is 3.70. The van der Waals surface area contributed by atoms with Crippen LogP contribution in [0.4, 0.5) is 25.8 Å². The van der Waals surface area contributed by atoms with Crippen molar-refractivity contribution in [1.82, 2.24) is 0 Å². The monoisotopic (exact) mass is 399 g/mol. The number of hydrogen-bond acceptors (Lipinski definition) is 3. The van der Waals surface area contributed by atoms with Crippen LogP contribution in [0.1, 0.15) is 19.3 Å². The van der Waals surface area contributed by atoms with Crippen LogP contribution in [0.25, 0.3) is 0 Å². The molecule has 2 fully saturated rings. The second-order valence-electron chi connectivity index (χ2n) is 7.16. The van der Waals surface area contributed by atoms with Crippen LogP contribution >= 0.6 is 0 Å². The van der Waals surface area contributed by atoms with Crippen molar-refractivity contribution in [3.8, 4) is 0 Å². The highest BCUT2D eigenvalue weighted by molar-refractivity contribution is 6.06. The number of benzene rings is 2. The molecule has 1 unspecified atom stereocenters. The molecular weight excluding hydrogens is 380 g/mol. The van der Waals surface area contributed by atoms with Gasteiger partial charge in [0.1, 0.15) is 11.6 Å². The number of rotatable bonds is 4. The van der Waals surface area contributed by atoms with Gasteiger partial charge in [-0.05, 0) is 30.7 Å². The van der Waals surface area contributed by atoms with E-state index in [-0.39, 0.29) is 30.5 Å². The summed E-state index contributed by atoms with van der Waals surface area (Å²) in [7, 11) is 0. The fourth-order valence-corrected chi connectivity index (χ4v) is 3.77. The van der Waals surface area contributed by atoms with Gasteiger partial charge in [-0.3, -0.25) is 14.4 Å². The molecule has 2 aliphatic heterocycles. The van der Waals surface area contributed by atoms with Gasteiger partial charge in [0.25, 0.3) is 0 Å². The maximum Gasteiger partial charge on any atom is 0.229 e. The third-order valence-electron chi connectivity index (χ3n) is 5.22. The normalized spacial score (nSPS) is 19.2. The van der Waals surface area contributed by atoms with Crippen molar-refractivity contribution in [3.05, 3.63) is 54.1 Å². The average molecular weight is 399 g/mol. The van der Waals surface area contributed by atoms with Crippen LogP contribution in [0, 0.1) is 17.6 Å².